The Bertz CT molecular complexity index is 287. The third-order valence-electron chi connectivity index (χ3n) is 2.94. The van der Waals surface area contributed by atoms with E-state index in [2.05, 4.69) is 31.2 Å². The summed E-state index contributed by atoms with van der Waals surface area (Å²) in [5.74, 6) is 0.940. The fraction of sp³-hybridized carbons (Fsp3) is 0.750. The van der Waals surface area contributed by atoms with Gasteiger partial charge in [-0.15, -0.1) is 0 Å². The summed E-state index contributed by atoms with van der Waals surface area (Å²) in [6.07, 6.45) is 2.20. The van der Waals surface area contributed by atoms with Crippen LogP contribution in [0.25, 0.3) is 0 Å². The van der Waals surface area contributed by atoms with Crippen LogP contribution in [0.3, 0.4) is 0 Å². The van der Waals surface area contributed by atoms with Gasteiger partial charge in [0.15, 0.2) is 0 Å². The van der Waals surface area contributed by atoms with Gasteiger partial charge in [-0.05, 0) is 33.6 Å². The van der Waals surface area contributed by atoms with Gasteiger partial charge >= 0.3 is 0 Å². The first-order valence-corrected chi connectivity index (χ1v) is 5.78. The largest absolute Gasteiger partial charge is 0.361 e. The minimum absolute atomic E-state index is 0.367. The van der Waals surface area contributed by atoms with Gasteiger partial charge in [0, 0.05) is 17.6 Å². The highest BCUT2D eigenvalue weighted by atomic mass is 16.5. The molecule has 1 heterocycles. The first-order valence-electron chi connectivity index (χ1n) is 5.78. The van der Waals surface area contributed by atoms with Crippen LogP contribution >= 0.6 is 0 Å². The molecule has 1 aromatic rings. The molecule has 1 rings (SSSR count). The molecule has 1 aromatic heterocycles. The number of rotatable bonds is 5. The minimum Gasteiger partial charge on any atom is -0.361 e. The summed E-state index contributed by atoms with van der Waals surface area (Å²) in [4.78, 5) is 0. The van der Waals surface area contributed by atoms with E-state index in [-0.39, 0.29) is 0 Å². The summed E-state index contributed by atoms with van der Waals surface area (Å²) in [6, 6.07) is 0.898. The molecule has 0 aliphatic carbocycles. The summed E-state index contributed by atoms with van der Waals surface area (Å²) in [5, 5.41) is 7.60. The zero-order valence-electron chi connectivity index (χ0n) is 10.4. The van der Waals surface area contributed by atoms with Gasteiger partial charge in [0.1, 0.15) is 5.76 Å². The molecule has 0 saturated carbocycles. The fourth-order valence-electron chi connectivity index (χ4n) is 1.85. The van der Waals surface area contributed by atoms with Crippen LogP contribution in [-0.4, -0.2) is 11.2 Å². The van der Waals surface area contributed by atoms with E-state index in [0.29, 0.717) is 12.1 Å². The fourth-order valence-corrected chi connectivity index (χ4v) is 1.85. The van der Waals surface area contributed by atoms with Gasteiger partial charge in [-0.1, -0.05) is 19.0 Å². The van der Waals surface area contributed by atoms with Gasteiger partial charge in [-0.3, -0.25) is 0 Å². The van der Waals surface area contributed by atoms with Gasteiger partial charge in [-0.25, -0.2) is 0 Å². The van der Waals surface area contributed by atoms with Crippen LogP contribution in [-0.2, 0) is 0 Å². The molecular weight excluding hydrogens is 188 g/mol. The zero-order valence-corrected chi connectivity index (χ0v) is 10.4. The molecule has 0 aliphatic heterocycles. The van der Waals surface area contributed by atoms with Crippen molar-refractivity contribution in [3.63, 3.8) is 0 Å². The second-order valence-electron chi connectivity index (χ2n) is 4.17. The molecule has 3 heteroatoms. The molecular formula is C12H22N2O. The molecule has 0 aliphatic rings. The van der Waals surface area contributed by atoms with Crippen molar-refractivity contribution in [2.45, 2.75) is 59.5 Å². The van der Waals surface area contributed by atoms with Crippen LogP contribution in [0.5, 0.6) is 0 Å². The van der Waals surface area contributed by atoms with Gasteiger partial charge in [0.05, 0.1) is 5.69 Å². The number of hydrogen-bond acceptors (Lipinski definition) is 3. The normalized spacial score (nSPS) is 15.3. The average molecular weight is 210 g/mol. The summed E-state index contributed by atoms with van der Waals surface area (Å²) < 4.78 is 5.20. The zero-order chi connectivity index (χ0) is 11.4. The Morgan fingerprint density at radius 2 is 1.93 bits per heavy atom. The highest BCUT2D eigenvalue weighted by Gasteiger charge is 2.19. The highest BCUT2D eigenvalue weighted by molar-refractivity contribution is 5.25. The molecule has 2 unspecified atom stereocenters. The lowest BCUT2D eigenvalue weighted by molar-refractivity contribution is 0.386. The molecule has 3 nitrogen and oxygen atoms in total. The monoisotopic (exact) mass is 210 g/mol. The van der Waals surface area contributed by atoms with Crippen LogP contribution in [0.15, 0.2) is 4.52 Å². The predicted octanol–water partition coefficient (Wildman–Crippen LogP) is 3.13. The number of aromatic nitrogens is 1. The van der Waals surface area contributed by atoms with E-state index in [0.717, 1.165) is 24.3 Å². The second kappa shape index (κ2) is 5.31. The molecule has 0 saturated heterocycles. The molecule has 0 fully saturated rings. The Labute approximate surface area is 92.2 Å². The van der Waals surface area contributed by atoms with Gasteiger partial charge in [0.25, 0.3) is 0 Å². The van der Waals surface area contributed by atoms with E-state index in [9.17, 15) is 0 Å². The Hall–Kier alpha value is -0.830. The first-order chi connectivity index (χ1) is 7.10. The van der Waals surface area contributed by atoms with Crippen LogP contribution in [0.2, 0.25) is 0 Å². The lowest BCUT2D eigenvalue weighted by Crippen LogP contribution is -2.30. The third-order valence-corrected chi connectivity index (χ3v) is 2.94. The maximum Gasteiger partial charge on any atom is 0.138 e. The Morgan fingerprint density at radius 3 is 2.33 bits per heavy atom. The van der Waals surface area contributed by atoms with Crippen molar-refractivity contribution in [2.75, 3.05) is 0 Å². The SMILES string of the molecule is CCC(C)NC(CC)c1c(C)noc1C. The summed E-state index contributed by atoms with van der Waals surface area (Å²) >= 11 is 0. The standard InChI is InChI=1S/C12H22N2O/c1-6-8(3)13-11(7-2)12-9(4)14-15-10(12)5/h8,11,13H,6-7H2,1-5H3. The Balaban J connectivity index is 2.82. The molecule has 2 atom stereocenters. The first kappa shape index (κ1) is 12.2. The molecule has 0 radical (unpaired) electrons. The van der Waals surface area contributed by atoms with Crippen molar-refractivity contribution < 1.29 is 4.52 Å². The van der Waals surface area contributed by atoms with E-state index in [4.69, 9.17) is 4.52 Å². The topological polar surface area (TPSA) is 38.1 Å². The van der Waals surface area contributed by atoms with Crippen molar-refractivity contribution in [3.05, 3.63) is 17.0 Å². The van der Waals surface area contributed by atoms with Crippen molar-refractivity contribution in [3.8, 4) is 0 Å². The van der Waals surface area contributed by atoms with Gasteiger partial charge in [-0.2, -0.15) is 0 Å². The van der Waals surface area contributed by atoms with Crippen LogP contribution < -0.4 is 5.32 Å². The average Bonchev–Trinajstić information content (AvgIpc) is 2.55. The van der Waals surface area contributed by atoms with Crippen molar-refractivity contribution >= 4 is 0 Å². The molecule has 1 N–H and O–H groups in total. The maximum absolute atomic E-state index is 5.20. The summed E-state index contributed by atoms with van der Waals surface area (Å²) in [7, 11) is 0. The molecule has 86 valence electrons. The van der Waals surface area contributed by atoms with Crippen LogP contribution in [0.1, 0.15) is 56.7 Å². The molecule has 0 aromatic carbocycles. The van der Waals surface area contributed by atoms with Gasteiger partial charge in [0.2, 0.25) is 0 Å². The maximum atomic E-state index is 5.20. The summed E-state index contributed by atoms with van der Waals surface area (Å²) in [6.45, 7) is 10.6. The lowest BCUT2D eigenvalue weighted by atomic mass is 10.0. The smallest absolute Gasteiger partial charge is 0.138 e. The van der Waals surface area contributed by atoms with E-state index in [1.165, 1.54) is 5.56 Å². The minimum atomic E-state index is 0.367. The van der Waals surface area contributed by atoms with Crippen LogP contribution in [0, 0.1) is 13.8 Å². The van der Waals surface area contributed by atoms with E-state index < -0.39 is 0 Å². The lowest BCUT2D eigenvalue weighted by Gasteiger charge is -2.21. The second-order valence-corrected chi connectivity index (χ2v) is 4.17. The third kappa shape index (κ3) is 2.81. The Morgan fingerprint density at radius 1 is 1.27 bits per heavy atom. The van der Waals surface area contributed by atoms with Crippen LogP contribution in [0.4, 0.5) is 0 Å². The van der Waals surface area contributed by atoms with Crippen molar-refractivity contribution in [1.29, 1.82) is 0 Å². The van der Waals surface area contributed by atoms with E-state index in [1.807, 2.05) is 13.8 Å². The number of nitrogens with one attached hydrogen (secondary N) is 1. The Kier molecular flexibility index (Phi) is 4.33. The number of nitrogens with zero attached hydrogens (tertiary/aromatic N) is 1. The van der Waals surface area contributed by atoms with E-state index >= 15 is 0 Å². The molecule has 0 bridgehead atoms. The number of hydrogen-bond donors (Lipinski definition) is 1. The van der Waals surface area contributed by atoms with Crippen molar-refractivity contribution in [1.82, 2.24) is 10.5 Å². The quantitative estimate of drug-likeness (QED) is 0.811. The van der Waals surface area contributed by atoms with Gasteiger partial charge < -0.3 is 9.84 Å². The van der Waals surface area contributed by atoms with E-state index in [1.54, 1.807) is 0 Å². The molecule has 15 heavy (non-hydrogen) atoms. The molecule has 0 spiro atoms. The number of aryl methyl sites for hydroxylation is 2. The summed E-state index contributed by atoms with van der Waals surface area (Å²) in [5.41, 5.74) is 2.24. The predicted molar refractivity (Wildman–Crippen MR) is 61.9 cm³/mol. The van der Waals surface area contributed by atoms with Crippen molar-refractivity contribution in [2.24, 2.45) is 0 Å². The molecule has 0 amide bonds. The highest BCUT2D eigenvalue weighted by Crippen LogP contribution is 2.24.